The second-order valence-electron chi connectivity index (χ2n) is 6.95. The molecule has 128 valence electrons. The van der Waals surface area contributed by atoms with Crippen LogP contribution >= 0.6 is 0 Å². The van der Waals surface area contributed by atoms with Gasteiger partial charge in [-0.05, 0) is 63.5 Å². The predicted molar refractivity (Wildman–Crippen MR) is 79.3 cm³/mol. The monoisotopic (exact) mass is 320 g/mol. The van der Waals surface area contributed by atoms with E-state index >= 15 is 0 Å². The van der Waals surface area contributed by atoms with Crippen LogP contribution in [-0.4, -0.2) is 31.2 Å². The molecule has 3 nitrogen and oxygen atoms in total. The van der Waals surface area contributed by atoms with Crippen LogP contribution in [0.2, 0.25) is 0 Å². The van der Waals surface area contributed by atoms with Crippen LogP contribution in [0.5, 0.6) is 0 Å². The van der Waals surface area contributed by atoms with Crippen LogP contribution in [0, 0.1) is 17.8 Å². The van der Waals surface area contributed by atoms with Crippen molar-refractivity contribution in [1.29, 1.82) is 0 Å². The lowest BCUT2D eigenvalue weighted by Crippen LogP contribution is -2.41. The van der Waals surface area contributed by atoms with Gasteiger partial charge in [0.05, 0.1) is 5.92 Å². The molecule has 22 heavy (non-hydrogen) atoms. The summed E-state index contributed by atoms with van der Waals surface area (Å²) in [4.78, 5) is 12.1. The highest BCUT2D eigenvalue weighted by atomic mass is 19.4. The van der Waals surface area contributed by atoms with Crippen LogP contribution in [0.1, 0.15) is 51.9 Å². The number of alkyl halides is 3. The number of carbonyl (C=O) groups is 1. The zero-order chi connectivity index (χ0) is 16.2. The third kappa shape index (κ3) is 5.14. The van der Waals surface area contributed by atoms with Gasteiger partial charge in [0.25, 0.3) is 0 Å². The van der Waals surface area contributed by atoms with Crippen LogP contribution < -0.4 is 10.6 Å². The fourth-order valence-corrected chi connectivity index (χ4v) is 3.68. The van der Waals surface area contributed by atoms with E-state index in [-0.39, 0.29) is 24.8 Å². The van der Waals surface area contributed by atoms with E-state index in [4.69, 9.17) is 0 Å². The summed E-state index contributed by atoms with van der Waals surface area (Å²) in [6.07, 6.45) is -0.156. The number of carbonyl (C=O) groups excluding carboxylic acids is 1. The summed E-state index contributed by atoms with van der Waals surface area (Å²) in [7, 11) is 0. The Morgan fingerprint density at radius 2 is 1.91 bits per heavy atom. The molecule has 0 radical (unpaired) electrons. The van der Waals surface area contributed by atoms with Gasteiger partial charge >= 0.3 is 6.18 Å². The summed E-state index contributed by atoms with van der Waals surface area (Å²) >= 11 is 0. The molecule has 0 aromatic heterocycles. The first kappa shape index (κ1) is 17.6. The van der Waals surface area contributed by atoms with Crippen molar-refractivity contribution < 1.29 is 18.0 Å². The number of rotatable bonds is 4. The number of piperidine rings is 1. The SMILES string of the molecule is CC(CC(=O)NC1CCC(C(F)(F)F)CC1)C1CCCNC1. The van der Waals surface area contributed by atoms with Gasteiger partial charge in [0.2, 0.25) is 5.91 Å². The van der Waals surface area contributed by atoms with E-state index in [1.807, 2.05) is 0 Å². The average molecular weight is 320 g/mol. The van der Waals surface area contributed by atoms with E-state index in [1.165, 1.54) is 0 Å². The van der Waals surface area contributed by atoms with Crippen LogP contribution in [0.15, 0.2) is 0 Å². The largest absolute Gasteiger partial charge is 0.391 e. The van der Waals surface area contributed by atoms with E-state index in [2.05, 4.69) is 17.6 Å². The Hall–Kier alpha value is -0.780. The Bertz CT molecular complexity index is 359. The molecular formula is C16H27F3N2O. The molecule has 0 aromatic carbocycles. The molecule has 0 spiro atoms. The average Bonchev–Trinajstić information content (AvgIpc) is 2.47. The Balaban J connectivity index is 1.69. The molecule has 0 bridgehead atoms. The van der Waals surface area contributed by atoms with E-state index in [0.717, 1.165) is 25.9 Å². The number of nitrogens with one attached hydrogen (secondary N) is 2. The lowest BCUT2D eigenvalue weighted by Gasteiger charge is -2.31. The third-order valence-electron chi connectivity index (χ3n) is 5.20. The molecule has 1 saturated heterocycles. The van der Waals surface area contributed by atoms with Gasteiger partial charge in [-0.1, -0.05) is 6.92 Å². The molecule has 2 aliphatic rings. The van der Waals surface area contributed by atoms with Crippen molar-refractivity contribution >= 4 is 5.91 Å². The van der Waals surface area contributed by atoms with Crippen molar-refractivity contribution in [2.75, 3.05) is 13.1 Å². The summed E-state index contributed by atoms with van der Waals surface area (Å²) in [6, 6.07) is -0.0808. The van der Waals surface area contributed by atoms with Gasteiger partial charge in [0, 0.05) is 12.5 Å². The predicted octanol–water partition coefficient (Wildman–Crippen LogP) is 3.25. The maximum absolute atomic E-state index is 12.6. The Kier molecular flexibility index (Phi) is 6.12. The van der Waals surface area contributed by atoms with Crippen molar-refractivity contribution in [3.8, 4) is 0 Å². The van der Waals surface area contributed by atoms with Crippen LogP contribution in [0.4, 0.5) is 13.2 Å². The zero-order valence-electron chi connectivity index (χ0n) is 13.2. The molecule has 1 saturated carbocycles. The molecule has 2 rings (SSSR count). The zero-order valence-corrected chi connectivity index (χ0v) is 13.2. The maximum Gasteiger partial charge on any atom is 0.391 e. The van der Waals surface area contributed by atoms with Crippen molar-refractivity contribution in [3.05, 3.63) is 0 Å². The highest BCUT2D eigenvalue weighted by Crippen LogP contribution is 2.37. The first-order valence-electron chi connectivity index (χ1n) is 8.43. The first-order valence-corrected chi connectivity index (χ1v) is 8.43. The smallest absolute Gasteiger partial charge is 0.353 e. The van der Waals surface area contributed by atoms with Gasteiger partial charge in [-0.15, -0.1) is 0 Å². The van der Waals surface area contributed by atoms with E-state index in [0.29, 0.717) is 31.1 Å². The normalized spacial score (nSPS) is 31.5. The van der Waals surface area contributed by atoms with E-state index in [9.17, 15) is 18.0 Å². The highest BCUT2D eigenvalue weighted by molar-refractivity contribution is 5.76. The Morgan fingerprint density at radius 3 is 2.45 bits per heavy atom. The van der Waals surface area contributed by atoms with Crippen molar-refractivity contribution in [2.45, 2.75) is 64.1 Å². The fourth-order valence-electron chi connectivity index (χ4n) is 3.68. The quantitative estimate of drug-likeness (QED) is 0.835. The summed E-state index contributed by atoms with van der Waals surface area (Å²) < 4.78 is 37.8. The van der Waals surface area contributed by atoms with Gasteiger partial charge in [0.1, 0.15) is 0 Å². The van der Waals surface area contributed by atoms with Crippen LogP contribution in [-0.2, 0) is 4.79 Å². The summed E-state index contributed by atoms with van der Waals surface area (Å²) in [5.41, 5.74) is 0. The molecule has 1 heterocycles. The van der Waals surface area contributed by atoms with Gasteiger partial charge in [0.15, 0.2) is 0 Å². The lowest BCUT2D eigenvalue weighted by molar-refractivity contribution is -0.182. The van der Waals surface area contributed by atoms with Crippen molar-refractivity contribution in [2.24, 2.45) is 17.8 Å². The minimum Gasteiger partial charge on any atom is -0.353 e. The number of hydrogen-bond acceptors (Lipinski definition) is 2. The maximum atomic E-state index is 12.6. The Labute approximate surface area is 130 Å². The summed E-state index contributed by atoms with van der Waals surface area (Å²) in [6.45, 7) is 4.11. The van der Waals surface area contributed by atoms with Gasteiger partial charge in [-0.3, -0.25) is 4.79 Å². The van der Waals surface area contributed by atoms with Gasteiger partial charge < -0.3 is 10.6 Å². The second kappa shape index (κ2) is 7.66. The number of hydrogen-bond donors (Lipinski definition) is 2. The molecule has 2 unspecified atom stereocenters. The molecule has 2 atom stereocenters. The van der Waals surface area contributed by atoms with E-state index < -0.39 is 12.1 Å². The first-order chi connectivity index (χ1) is 10.4. The lowest BCUT2D eigenvalue weighted by atomic mass is 9.84. The molecule has 1 amide bonds. The summed E-state index contributed by atoms with van der Waals surface area (Å²) in [5, 5.41) is 6.29. The molecule has 6 heteroatoms. The second-order valence-corrected chi connectivity index (χ2v) is 6.95. The third-order valence-corrected chi connectivity index (χ3v) is 5.20. The van der Waals surface area contributed by atoms with Gasteiger partial charge in [-0.25, -0.2) is 0 Å². The molecular weight excluding hydrogens is 293 g/mol. The number of halogens is 3. The molecule has 2 fully saturated rings. The molecule has 1 aliphatic carbocycles. The minimum atomic E-state index is -4.09. The fraction of sp³-hybridized carbons (Fsp3) is 0.938. The minimum absolute atomic E-state index is 0.00599. The van der Waals surface area contributed by atoms with Crippen molar-refractivity contribution in [1.82, 2.24) is 10.6 Å². The van der Waals surface area contributed by atoms with Gasteiger partial charge in [-0.2, -0.15) is 13.2 Å². The van der Waals surface area contributed by atoms with E-state index in [1.54, 1.807) is 0 Å². The number of amides is 1. The molecule has 0 aromatic rings. The molecule has 1 aliphatic heterocycles. The molecule has 2 N–H and O–H groups in total. The van der Waals surface area contributed by atoms with Crippen LogP contribution in [0.25, 0.3) is 0 Å². The van der Waals surface area contributed by atoms with Crippen LogP contribution in [0.3, 0.4) is 0 Å². The highest BCUT2D eigenvalue weighted by Gasteiger charge is 2.41. The van der Waals surface area contributed by atoms with Crippen molar-refractivity contribution in [3.63, 3.8) is 0 Å². The summed E-state index contributed by atoms with van der Waals surface area (Å²) in [5.74, 6) is -0.346. The Morgan fingerprint density at radius 1 is 1.23 bits per heavy atom. The standard InChI is InChI=1S/C16H27F3N2O/c1-11(12-3-2-8-20-10-12)9-15(22)21-14-6-4-13(5-7-14)16(17,18)19/h11-14,20H,2-10H2,1H3,(H,21,22). The topological polar surface area (TPSA) is 41.1 Å².